The van der Waals surface area contributed by atoms with Crippen LogP contribution in [0.3, 0.4) is 0 Å². The van der Waals surface area contributed by atoms with Crippen LogP contribution in [0.1, 0.15) is 0 Å². The molecule has 0 bridgehead atoms. The van der Waals surface area contributed by atoms with Gasteiger partial charge in [0, 0.05) is 10.8 Å². The lowest BCUT2D eigenvalue weighted by atomic mass is 9.74. The number of halogens is 16. The Balaban J connectivity index is 1.91. The second-order valence-corrected chi connectivity index (χ2v) is 8.76. The lowest BCUT2D eigenvalue weighted by Crippen LogP contribution is -2.46. The average Bonchev–Trinajstić information content (AvgIpc) is 3.02. The van der Waals surface area contributed by atoms with Crippen molar-refractivity contribution >= 4 is 34.1 Å². The van der Waals surface area contributed by atoms with E-state index in [2.05, 4.69) is 4.65 Å². The summed E-state index contributed by atoms with van der Waals surface area (Å²) >= 11 is 0. The molecule has 19 heteroatoms. The molecule has 0 radical (unpaired) electrons. The summed E-state index contributed by atoms with van der Waals surface area (Å²) in [5.74, 6) is -47.0. The van der Waals surface area contributed by atoms with E-state index in [-0.39, 0.29) is 0 Å². The van der Waals surface area contributed by atoms with Crippen LogP contribution >= 0.6 is 0 Å². The summed E-state index contributed by atoms with van der Waals surface area (Å²) in [7, 11) is -3.57. The molecule has 0 unspecified atom stereocenters. The summed E-state index contributed by atoms with van der Waals surface area (Å²) in [6.07, 6.45) is 0. The van der Waals surface area contributed by atoms with E-state index in [0.29, 0.717) is 18.2 Å². The minimum absolute atomic E-state index is 0.439. The molecule has 0 saturated carbocycles. The molecule has 0 atom stereocenters. The molecule has 45 heavy (non-hydrogen) atoms. The molecule has 0 aliphatic carbocycles. The molecule has 0 heterocycles. The number of hydrogen-bond donors (Lipinski definition) is 0. The Labute approximate surface area is 237 Å². The van der Waals surface area contributed by atoms with Crippen LogP contribution < -0.4 is 14.8 Å². The molecule has 0 saturated heterocycles. The number of benzene rings is 5. The molecule has 0 N–H and O–H groups in total. The maximum absolute atomic E-state index is 15.3. The lowest BCUT2D eigenvalue weighted by molar-refractivity contribution is 0.334. The van der Waals surface area contributed by atoms with Crippen molar-refractivity contribution in [3.8, 4) is 11.5 Å². The molecule has 0 amide bonds. The number of hydrogen-bond acceptors (Lipinski definition) is 2. The van der Waals surface area contributed by atoms with Gasteiger partial charge in [0.25, 0.3) is 0 Å². The number of fused-ring (bicyclic) bond motifs is 2. The molecule has 2 nitrogen and oxygen atoms in total. The van der Waals surface area contributed by atoms with Crippen LogP contribution in [-0.2, 0) is 0 Å². The summed E-state index contributed by atoms with van der Waals surface area (Å²) < 4.78 is 239. The van der Waals surface area contributed by atoms with E-state index >= 15 is 4.39 Å². The minimum Gasteiger partial charge on any atom is -0.521 e. The predicted octanol–water partition coefficient (Wildman–Crippen LogP) is 8.07. The highest BCUT2D eigenvalue weighted by molar-refractivity contribution is 6.66. The second kappa shape index (κ2) is 11.0. The fourth-order valence-electron chi connectivity index (χ4n) is 4.26. The Kier molecular flexibility index (Phi) is 7.69. The summed E-state index contributed by atoms with van der Waals surface area (Å²) in [5, 5.41) is -7.13. The number of rotatable bonds is 5. The molecule has 234 valence electrons. The largest absolute Gasteiger partial charge is 0.636 e. The van der Waals surface area contributed by atoms with Crippen LogP contribution in [-0.4, -0.2) is 7.12 Å². The van der Waals surface area contributed by atoms with E-state index < -0.39 is 139 Å². The molecule has 5 aromatic carbocycles. The monoisotopic (exact) mass is 662 g/mol. The SMILES string of the molecule is Fc1c(F)c(F)c(OB(Oc2cccc3c(F)c(F)c(F)c(F)c23)c2c(F)c(F)c(F)c3c(F)c(F)c(F)c(F)c23)c(F)c1F. The first kappa shape index (κ1) is 31.6. The van der Waals surface area contributed by atoms with Crippen molar-refractivity contribution < 1.29 is 79.6 Å². The Morgan fingerprint density at radius 3 is 1.29 bits per heavy atom. The molecule has 0 aliphatic rings. The quantitative estimate of drug-likeness (QED) is 0.0821. The van der Waals surface area contributed by atoms with Gasteiger partial charge in [0.05, 0.1) is 16.2 Å². The summed E-state index contributed by atoms with van der Waals surface area (Å²) in [5.41, 5.74) is -2.23. The van der Waals surface area contributed by atoms with Gasteiger partial charge in [-0.15, -0.1) is 0 Å². The Morgan fingerprint density at radius 2 is 0.756 bits per heavy atom. The highest BCUT2D eigenvalue weighted by Gasteiger charge is 2.42. The maximum atomic E-state index is 15.3. The second-order valence-electron chi connectivity index (χ2n) is 8.76. The van der Waals surface area contributed by atoms with Gasteiger partial charge < -0.3 is 9.31 Å². The lowest BCUT2D eigenvalue weighted by Gasteiger charge is -2.22. The van der Waals surface area contributed by atoms with E-state index in [0.717, 1.165) is 0 Å². The normalized spacial score (nSPS) is 11.6. The molecule has 0 aliphatic heterocycles. The van der Waals surface area contributed by atoms with Crippen LogP contribution in [0.2, 0.25) is 0 Å². The minimum atomic E-state index is -3.57. The van der Waals surface area contributed by atoms with Crippen LogP contribution in [0.5, 0.6) is 11.5 Å². The highest BCUT2D eigenvalue weighted by Crippen LogP contribution is 2.37. The van der Waals surface area contributed by atoms with Crippen LogP contribution in [0.4, 0.5) is 70.2 Å². The van der Waals surface area contributed by atoms with Gasteiger partial charge in [-0.2, -0.15) is 8.78 Å². The zero-order valence-corrected chi connectivity index (χ0v) is 20.7. The van der Waals surface area contributed by atoms with Gasteiger partial charge in [-0.3, -0.25) is 0 Å². The van der Waals surface area contributed by atoms with Crippen molar-refractivity contribution in [2.75, 3.05) is 0 Å². The van der Waals surface area contributed by atoms with Crippen LogP contribution in [0.25, 0.3) is 21.5 Å². The maximum Gasteiger partial charge on any atom is 0.636 e. The van der Waals surface area contributed by atoms with Gasteiger partial charge >= 0.3 is 7.12 Å². The third-order valence-electron chi connectivity index (χ3n) is 6.30. The van der Waals surface area contributed by atoms with Gasteiger partial charge in [-0.25, -0.2) is 61.5 Å². The summed E-state index contributed by atoms with van der Waals surface area (Å²) in [6.45, 7) is 0. The molecule has 0 fully saturated rings. The van der Waals surface area contributed by atoms with E-state index in [9.17, 15) is 65.9 Å². The smallest absolute Gasteiger partial charge is 0.521 e. The Hall–Kier alpha value is -4.84. The molecular formula is C26H3BF16O2. The van der Waals surface area contributed by atoms with Gasteiger partial charge in [0.2, 0.25) is 29.1 Å². The Bertz CT molecular complexity index is 2060. The van der Waals surface area contributed by atoms with Crippen molar-refractivity contribution in [2.45, 2.75) is 0 Å². The van der Waals surface area contributed by atoms with E-state index in [1.165, 1.54) is 0 Å². The van der Waals surface area contributed by atoms with Gasteiger partial charge in [0.1, 0.15) is 5.75 Å². The molecule has 5 rings (SSSR count). The van der Waals surface area contributed by atoms with E-state index in [1.807, 2.05) is 0 Å². The average molecular weight is 662 g/mol. The fraction of sp³-hybridized carbons (Fsp3) is 0. The topological polar surface area (TPSA) is 18.5 Å². The molecule has 5 aromatic rings. The summed E-state index contributed by atoms with van der Waals surface area (Å²) in [6, 6.07) is 1.64. The van der Waals surface area contributed by atoms with Crippen LogP contribution in [0, 0.1) is 93.1 Å². The highest BCUT2D eigenvalue weighted by atomic mass is 19.2. The third-order valence-corrected chi connectivity index (χ3v) is 6.30. The van der Waals surface area contributed by atoms with Gasteiger partial charge in [-0.05, 0) is 6.07 Å². The van der Waals surface area contributed by atoms with E-state index in [4.69, 9.17) is 4.65 Å². The van der Waals surface area contributed by atoms with Crippen molar-refractivity contribution in [1.82, 2.24) is 0 Å². The molecular weight excluding hydrogens is 659 g/mol. The molecule has 0 spiro atoms. The standard InChI is InChI=1S/C26H3BF16O2/c28-10-4-2-1-3-5(6(4)11(29)18(36)16(10)34)44-27(45-26-24(42)22(40)21(39)23(41)25(26)43)9-7-8(13(31)17(35)15(9)33)14(32)20(38)19(37)12(7)30/h1-3H. The summed E-state index contributed by atoms with van der Waals surface area (Å²) in [4.78, 5) is 0. The zero-order chi connectivity index (χ0) is 33.4. The van der Waals surface area contributed by atoms with Crippen molar-refractivity contribution in [3.05, 3.63) is 111 Å². The van der Waals surface area contributed by atoms with Gasteiger partial charge in [0.15, 0.2) is 69.7 Å². The third kappa shape index (κ3) is 4.54. The van der Waals surface area contributed by atoms with Crippen molar-refractivity contribution in [2.24, 2.45) is 0 Å². The first-order valence-electron chi connectivity index (χ1n) is 11.4. The zero-order valence-electron chi connectivity index (χ0n) is 20.7. The fourth-order valence-corrected chi connectivity index (χ4v) is 4.26. The molecule has 0 aromatic heterocycles. The van der Waals surface area contributed by atoms with Crippen molar-refractivity contribution in [1.29, 1.82) is 0 Å². The van der Waals surface area contributed by atoms with Crippen LogP contribution in [0.15, 0.2) is 18.2 Å². The van der Waals surface area contributed by atoms with Crippen molar-refractivity contribution in [3.63, 3.8) is 0 Å². The predicted molar refractivity (Wildman–Crippen MR) is 120 cm³/mol. The van der Waals surface area contributed by atoms with E-state index in [1.54, 1.807) is 0 Å². The van der Waals surface area contributed by atoms with Gasteiger partial charge in [-0.1, -0.05) is 12.1 Å². The first-order valence-corrected chi connectivity index (χ1v) is 11.4. The Morgan fingerprint density at radius 1 is 0.356 bits per heavy atom. The first-order chi connectivity index (χ1) is 21.0.